The SMILES string of the molecule is CCC(=O)OC[C@@H](OC(C)(C)C)c1c(C)cc2nc(-n3ccnc3)ccc2c1-c1ccc(Cl)cc1. The minimum atomic E-state index is -0.464. The topological polar surface area (TPSA) is 66.2 Å². The predicted molar refractivity (Wildman–Crippen MR) is 139 cm³/mol. The second kappa shape index (κ2) is 10.2. The molecule has 1 atom stereocenters. The predicted octanol–water partition coefficient (Wildman–Crippen LogP) is 6.86. The highest BCUT2D eigenvalue weighted by atomic mass is 35.5. The van der Waals surface area contributed by atoms with Crippen LogP contribution in [0.25, 0.3) is 27.8 Å². The van der Waals surface area contributed by atoms with E-state index in [0.717, 1.165) is 39.0 Å². The number of halogens is 1. The number of rotatable bonds is 7. The van der Waals surface area contributed by atoms with Gasteiger partial charge in [0.05, 0.1) is 11.1 Å². The summed E-state index contributed by atoms with van der Waals surface area (Å²) in [6, 6.07) is 13.8. The summed E-state index contributed by atoms with van der Waals surface area (Å²) in [5.74, 6) is 0.522. The van der Waals surface area contributed by atoms with Crippen molar-refractivity contribution in [3.8, 4) is 16.9 Å². The molecule has 0 aliphatic heterocycles. The number of fused-ring (bicyclic) bond motifs is 1. The van der Waals surface area contributed by atoms with Gasteiger partial charge in [-0.2, -0.15) is 0 Å². The van der Waals surface area contributed by atoms with Gasteiger partial charge in [-0.3, -0.25) is 9.36 Å². The highest BCUT2D eigenvalue weighted by Crippen LogP contribution is 2.40. The smallest absolute Gasteiger partial charge is 0.305 e. The van der Waals surface area contributed by atoms with Crippen LogP contribution in [0.15, 0.2) is 61.2 Å². The molecule has 0 amide bonds. The van der Waals surface area contributed by atoms with Gasteiger partial charge in [0, 0.05) is 29.2 Å². The van der Waals surface area contributed by atoms with E-state index in [1.54, 1.807) is 19.4 Å². The Labute approximate surface area is 210 Å². The van der Waals surface area contributed by atoms with E-state index in [9.17, 15) is 4.79 Å². The van der Waals surface area contributed by atoms with Crippen molar-refractivity contribution in [2.24, 2.45) is 0 Å². The lowest BCUT2D eigenvalue weighted by molar-refractivity contribution is -0.152. The highest BCUT2D eigenvalue weighted by molar-refractivity contribution is 6.30. The third-order valence-electron chi connectivity index (χ3n) is 5.63. The normalized spacial score (nSPS) is 12.6. The number of pyridine rings is 1. The van der Waals surface area contributed by atoms with Crippen molar-refractivity contribution >= 4 is 28.5 Å². The van der Waals surface area contributed by atoms with Gasteiger partial charge in [0.1, 0.15) is 24.9 Å². The van der Waals surface area contributed by atoms with Crippen LogP contribution in [-0.4, -0.2) is 32.7 Å². The van der Waals surface area contributed by atoms with Crippen LogP contribution in [0.2, 0.25) is 5.02 Å². The number of nitrogens with zero attached hydrogens (tertiary/aromatic N) is 3. The number of carbonyl (C=O) groups is 1. The van der Waals surface area contributed by atoms with E-state index in [1.165, 1.54) is 0 Å². The van der Waals surface area contributed by atoms with Gasteiger partial charge in [0.15, 0.2) is 0 Å². The molecule has 2 aromatic carbocycles. The summed E-state index contributed by atoms with van der Waals surface area (Å²) in [6.07, 6.45) is 5.17. The van der Waals surface area contributed by atoms with Gasteiger partial charge in [-0.25, -0.2) is 9.97 Å². The largest absolute Gasteiger partial charge is 0.463 e. The molecule has 0 saturated heterocycles. The molecule has 2 aromatic heterocycles. The summed E-state index contributed by atoms with van der Waals surface area (Å²) in [5.41, 5.74) is 4.34. The molecule has 0 spiro atoms. The molecule has 4 rings (SSSR count). The molecule has 7 heteroatoms. The Bertz CT molecular complexity index is 1330. The van der Waals surface area contributed by atoms with Crippen LogP contribution >= 0.6 is 11.6 Å². The molecular weight excluding hydrogens is 462 g/mol. The number of carbonyl (C=O) groups excluding carboxylic acids is 1. The molecule has 0 bridgehead atoms. The molecule has 182 valence electrons. The zero-order valence-electron chi connectivity index (χ0n) is 20.7. The number of hydrogen-bond acceptors (Lipinski definition) is 5. The summed E-state index contributed by atoms with van der Waals surface area (Å²) in [5, 5.41) is 1.63. The van der Waals surface area contributed by atoms with Crippen molar-refractivity contribution in [2.45, 2.75) is 52.7 Å². The third-order valence-corrected chi connectivity index (χ3v) is 5.88. The fourth-order valence-corrected chi connectivity index (χ4v) is 4.29. The van der Waals surface area contributed by atoms with E-state index in [4.69, 9.17) is 26.1 Å². The first kappa shape index (κ1) is 24.9. The van der Waals surface area contributed by atoms with E-state index >= 15 is 0 Å². The van der Waals surface area contributed by atoms with Crippen LogP contribution in [0.5, 0.6) is 0 Å². The van der Waals surface area contributed by atoms with E-state index < -0.39 is 11.7 Å². The lowest BCUT2D eigenvalue weighted by Gasteiger charge is -2.30. The quantitative estimate of drug-likeness (QED) is 0.264. The summed E-state index contributed by atoms with van der Waals surface area (Å²) < 4.78 is 13.9. The first-order valence-electron chi connectivity index (χ1n) is 11.7. The fourth-order valence-electron chi connectivity index (χ4n) is 4.17. The second-order valence-corrected chi connectivity index (χ2v) is 9.89. The lowest BCUT2D eigenvalue weighted by Crippen LogP contribution is -2.27. The number of esters is 1. The van der Waals surface area contributed by atoms with Gasteiger partial charge in [0.25, 0.3) is 0 Å². The summed E-state index contributed by atoms with van der Waals surface area (Å²) in [4.78, 5) is 21.1. The van der Waals surface area contributed by atoms with Crippen LogP contribution in [0.4, 0.5) is 0 Å². The van der Waals surface area contributed by atoms with Crippen LogP contribution < -0.4 is 0 Å². The summed E-state index contributed by atoms with van der Waals surface area (Å²) in [6.45, 7) is 9.94. The molecule has 0 fully saturated rings. The Hall–Kier alpha value is -3.22. The maximum absolute atomic E-state index is 12.0. The number of benzene rings is 2. The Balaban J connectivity index is 1.95. The van der Waals surface area contributed by atoms with Crippen molar-refractivity contribution in [1.29, 1.82) is 0 Å². The van der Waals surface area contributed by atoms with Gasteiger partial charge >= 0.3 is 5.97 Å². The Kier molecular flexibility index (Phi) is 7.24. The molecule has 0 aliphatic rings. The number of aromatic nitrogens is 3. The highest BCUT2D eigenvalue weighted by Gasteiger charge is 2.28. The molecule has 0 saturated carbocycles. The van der Waals surface area contributed by atoms with Crippen LogP contribution in [0, 0.1) is 6.92 Å². The lowest BCUT2D eigenvalue weighted by atomic mass is 9.88. The van der Waals surface area contributed by atoms with E-state index in [-0.39, 0.29) is 12.6 Å². The molecule has 2 heterocycles. The second-order valence-electron chi connectivity index (χ2n) is 9.45. The monoisotopic (exact) mass is 491 g/mol. The molecule has 4 aromatic rings. The number of hydrogen-bond donors (Lipinski definition) is 0. The maximum Gasteiger partial charge on any atom is 0.305 e. The number of aryl methyl sites for hydroxylation is 1. The molecule has 35 heavy (non-hydrogen) atoms. The third kappa shape index (κ3) is 5.72. The fraction of sp³-hybridized carbons (Fsp3) is 0.321. The van der Waals surface area contributed by atoms with Gasteiger partial charge in [-0.15, -0.1) is 0 Å². The van der Waals surface area contributed by atoms with E-state index in [0.29, 0.717) is 11.4 Å². The zero-order chi connectivity index (χ0) is 25.2. The Morgan fingerprint density at radius 1 is 1.14 bits per heavy atom. The molecular formula is C28H30ClN3O3. The van der Waals surface area contributed by atoms with Crippen LogP contribution in [-0.2, 0) is 14.3 Å². The van der Waals surface area contributed by atoms with Gasteiger partial charge in [0.2, 0.25) is 0 Å². The zero-order valence-corrected chi connectivity index (χ0v) is 21.5. The average Bonchev–Trinajstić information content (AvgIpc) is 3.35. The van der Waals surface area contributed by atoms with E-state index in [1.807, 2.05) is 68.8 Å². The van der Waals surface area contributed by atoms with Crippen molar-refractivity contribution in [1.82, 2.24) is 14.5 Å². The first-order valence-corrected chi connectivity index (χ1v) is 12.1. The van der Waals surface area contributed by atoms with E-state index in [2.05, 4.69) is 17.1 Å². The van der Waals surface area contributed by atoms with Gasteiger partial charge in [-0.1, -0.05) is 30.7 Å². The molecule has 6 nitrogen and oxygen atoms in total. The van der Waals surface area contributed by atoms with Crippen LogP contribution in [0.3, 0.4) is 0 Å². The standard InChI is InChI=1S/C28H30ClN3O3/c1-6-25(33)34-16-23(35-28(3,4)5)26-18(2)15-22-21(27(26)19-7-9-20(29)10-8-19)11-12-24(31-22)32-14-13-30-17-32/h7-15,17,23H,6,16H2,1-5H3/t23-/m1/s1. The first-order chi connectivity index (χ1) is 16.7. The number of imidazole rings is 1. The maximum atomic E-state index is 12.0. The molecule has 0 radical (unpaired) electrons. The van der Waals surface area contributed by atoms with Gasteiger partial charge < -0.3 is 9.47 Å². The van der Waals surface area contributed by atoms with Crippen molar-refractivity contribution in [2.75, 3.05) is 6.61 Å². The molecule has 0 N–H and O–H groups in total. The average molecular weight is 492 g/mol. The van der Waals surface area contributed by atoms with Crippen molar-refractivity contribution in [3.05, 3.63) is 77.3 Å². The summed E-state index contributed by atoms with van der Waals surface area (Å²) in [7, 11) is 0. The Morgan fingerprint density at radius 3 is 2.51 bits per heavy atom. The van der Waals surface area contributed by atoms with Gasteiger partial charge in [-0.05, 0) is 80.3 Å². The Morgan fingerprint density at radius 2 is 1.89 bits per heavy atom. The molecule has 0 unspecified atom stereocenters. The minimum Gasteiger partial charge on any atom is -0.463 e. The van der Waals surface area contributed by atoms with Crippen molar-refractivity contribution in [3.63, 3.8) is 0 Å². The summed E-state index contributed by atoms with van der Waals surface area (Å²) >= 11 is 6.21. The van der Waals surface area contributed by atoms with Crippen molar-refractivity contribution < 1.29 is 14.3 Å². The van der Waals surface area contributed by atoms with Crippen LogP contribution in [0.1, 0.15) is 51.3 Å². The minimum absolute atomic E-state index is 0.122. The molecule has 0 aliphatic carbocycles. The number of ether oxygens (including phenoxy) is 2.